The SMILES string of the molecule is C[n+]1cccc(-c2n[nH]c(-c3ccccc3)n2)c1. The lowest BCUT2D eigenvalue weighted by atomic mass is 10.2. The minimum Gasteiger partial charge on any atom is -0.259 e. The normalized spacial score (nSPS) is 10.5. The van der Waals surface area contributed by atoms with Crippen molar-refractivity contribution in [2.45, 2.75) is 0 Å². The number of H-pyrrole nitrogens is 1. The molecule has 3 aromatic rings. The molecule has 3 rings (SSSR count). The Labute approximate surface area is 105 Å². The fraction of sp³-hybridized carbons (Fsp3) is 0.0714. The van der Waals surface area contributed by atoms with Crippen molar-refractivity contribution in [1.29, 1.82) is 0 Å². The number of benzene rings is 1. The third-order valence-electron chi connectivity index (χ3n) is 2.73. The van der Waals surface area contributed by atoms with Crippen LogP contribution in [0.2, 0.25) is 0 Å². The summed E-state index contributed by atoms with van der Waals surface area (Å²) in [6.07, 6.45) is 3.98. The predicted octanol–water partition coefficient (Wildman–Crippen LogP) is 1.96. The zero-order valence-electron chi connectivity index (χ0n) is 10.0. The molecule has 0 amide bonds. The second-order valence-electron chi connectivity index (χ2n) is 4.13. The molecular weight excluding hydrogens is 224 g/mol. The van der Waals surface area contributed by atoms with E-state index in [-0.39, 0.29) is 0 Å². The molecule has 0 spiro atoms. The fourth-order valence-electron chi connectivity index (χ4n) is 1.84. The highest BCUT2D eigenvalue weighted by molar-refractivity contribution is 5.59. The van der Waals surface area contributed by atoms with E-state index < -0.39 is 0 Å². The Kier molecular flexibility index (Phi) is 2.61. The van der Waals surface area contributed by atoms with Gasteiger partial charge in [-0.15, -0.1) is 0 Å². The van der Waals surface area contributed by atoms with Gasteiger partial charge in [-0.05, 0) is 6.07 Å². The quantitative estimate of drug-likeness (QED) is 0.692. The zero-order valence-corrected chi connectivity index (χ0v) is 10.0. The maximum Gasteiger partial charge on any atom is 0.187 e. The van der Waals surface area contributed by atoms with Crippen LogP contribution in [0.25, 0.3) is 22.8 Å². The Bertz CT molecular complexity index is 658. The van der Waals surface area contributed by atoms with Gasteiger partial charge in [0, 0.05) is 11.6 Å². The summed E-state index contributed by atoms with van der Waals surface area (Å²) in [5.41, 5.74) is 2.04. The van der Waals surface area contributed by atoms with Gasteiger partial charge in [-0.1, -0.05) is 30.3 Å². The van der Waals surface area contributed by atoms with Crippen LogP contribution in [0.1, 0.15) is 0 Å². The average Bonchev–Trinajstić information content (AvgIpc) is 2.89. The summed E-state index contributed by atoms with van der Waals surface area (Å²) in [6.45, 7) is 0. The number of nitrogens with zero attached hydrogens (tertiary/aromatic N) is 3. The molecule has 0 fully saturated rings. The Balaban J connectivity index is 2.00. The van der Waals surface area contributed by atoms with Gasteiger partial charge in [-0.2, -0.15) is 5.10 Å². The standard InChI is InChI=1S/C14H13N4/c1-18-9-5-8-12(10-18)14-15-13(16-17-14)11-6-3-2-4-7-11/h2-10H,1H3,(H,15,16,17)/q+1. The van der Waals surface area contributed by atoms with Gasteiger partial charge in [-0.3, -0.25) is 5.10 Å². The van der Waals surface area contributed by atoms with Crippen molar-refractivity contribution < 1.29 is 4.57 Å². The number of pyridine rings is 1. The van der Waals surface area contributed by atoms with Crippen molar-refractivity contribution in [2.75, 3.05) is 0 Å². The number of aromatic amines is 1. The summed E-state index contributed by atoms with van der Waals surface area (Å²) in [7, 11) is 1.98. The lowest BCUT2D eigenvalue weighted by Gasteiger charge is -1.93. The number of hydrogen-bond donors (Lipinski definition) is 1. The van der Waals surface area contributed by atoms with E-state index in [9.17, 15) is 0 Å². The monoisotopic (exact) mass is 237 g/mol. The van der Waals surface area contributed by atoms with Crippen LogP contribution >= 0.6 is 0 Å². The van der Waals surface area contributed by atoms with Gasteiger partial charge >= 0.3 is 0 Å². The molecule has 88 valence electrons. The number of aryl methyl sites for hydroxylation is 1. The highest BCUT2D eigenvalue weighted by Crippen LogP contribution is 2.18. The molecule has 0 aliphatic carbocycles. The molecule has 4 heteroatoms. The van der Waals surface area contributed by atoms with Crippen LogP contribution in [0, 0.1) is 0 Å². The number of hydrogen-bond acceptors (Lipinski definition) is 2. The van der Waals surface area contributed by atoms with E-state index in [0.717, 1.165) is 17.0 Å². The topological polar surface area (TPSA) is 45.5 Å². The second kappa shape index (κ2) is 4.41. The largest absolute Gasteiger partial charge is 0.259 e. The first-order valence-electron chi connectivity index (χ1n) is 5.76. The van der Waals surface area contributed by atoms with E-state index in [1.54, 1.807) is 0 Å². The average molecular weight is 237 g/mol. The molecule has 1 N–H and O–H groups in total. The molecule has 0 aliphatic heterocycles. The Morgan fingerprint density at radius 3 is 2.56 bits per heavy atom. The van der Waals surface area contributed by atoms with Gasteiger partial charge in [0.15, 0.2) is 24.0 Å². The minimum absolute atomic E-state index is 0.713. The molecule has 0 atom stereocenters. The van der Waals surface area contributed by atoms with Gasteiger partial charge in [0.2, 0.25) is 0 Å². The van der Waals surface area contributed by atoms with Gasteiger partial charge < -0.3 is 0 Å². The third-order valence-corrected chi connectivity index (χ3v) is 2.73. The summed E-state index contributed by atoms with van der Waals surface area (Å²) >= 11 is 0. The molecule has 0 radical (unpaired) electrons. The smallest absolute Gasteiger partial charge is 0.187 e. The molecule has 2 heterocycles. The Morgan fingerprint density at radius 1 is 1.00 bits per heavy atom. The Hall–Kier alpha value is -2.49. The van der Waals surface area contributed by atoms with E-state index in [1.807, 2.05) is 66.5 Å². The summed E-state index contributed by atoms with van der Waals surface area (Å²) in [6, 6.07) is 14.0. The molecule has 0 saturated carbocycles. The maximum absolute atomic E-state index is 4.51. The van der Waals surface area contributed by atoms with Gasteiger partial charge in [0.1, 0.15) is 7.05 Å². The first-order valence-corrected chi connectivity index (χ1v) is 5.76. The van der Waals surface area contributed by atoms with E-state index in [4.69, 9.17) is 0 Å². The molecule has 4 nitrogen and oxygen atoms in total. The van der Waals surface area contributed by atoms with Crippen LogP contribution in [-0.4, -0.2) is 15.2 Å². The fourth-order valence-corrected chi connectivity index (χ4v) is 1.84. The van der Waals surface area contributed by atoms with Crippen LogP contribution in [-0.2, 0) is 7.05 Å². The molecule has 0 bridgehead atoms. The molecule has 0 aliphatic rings. The van der Waals surface area contributed by atoms with Crippen molar-refractivity contribution in [3.63, 3.8) is 0 Å². The number of nitrogens with one attached hydrogen (secondary N) is 1. The zero-order chi connectivity index (χ0) is 12.4. The molecule has 0 saturated heterocycles. The molecule has 2 aromatic heterocycles. The highest BCUT2D eigenvalue weighted by Gasteiger charge is 2.09. The van der Waals surface area contributed by atoms with E-state index >= 15 is 0 Å². The molecule has 1 aromatic carbocycles. The van der Waals surface area contributed by atoms with Crippen molar-refractivity contribution in [2.24, 2.45) is 7.05 Å². The first kappa shape index (κ1) is 10.7. The molecule has 18 heavy (non-hydrogen) atoms. The predicted molar refractivity (Wildman–Crippen MR) is 68.4 cm³/mol. The van der Waals surface area contributed by atoms with E-state index in [2.05, 4.69) is 15.2 Å². The Morgan fingerprint density at radius 2 is 1.78 bits per heavy atom. The van der Waals surface area contributed by atoms with Gasteiger partial charge in [0.25, 0.3) is 0 Å². The lowest BCUT2D eigenvalue weighted by Crippen LogP contribution is -2.26. The number of rotatable bonds is 2. The van der Waals surface area contributed by atoms with Crippen molar-refractivity contribution in [3.8, 4) is 22.8 Å². The third kappa shape index (κ3) is 2.00. The summed E-state index contributed by atoms with van der Waals surface area (Å²) in [5.74, 6) is 1.50. The van der Waals surface area contributed by atoms with E-state index in [0.29, 0.717) is 5.82 Å². The van der Waals surface area contributed by atoms with Gasteiger partial charge in [0.05, 0.1) is 5.56 Å². The van der Waals surface area contributed by atoms with Crippen molar-refractivity contribution in [1.82, 2.24) is 15.2 Å². The van der Waals surface area contributed by atoms with Crippen LogP contribution in [0.5, 0.6) is 0 Å². The van der Waals surface area contributed by atoms with Crippen molar-refractivity contribution in [3.05, 3.63) is 54.9 Å². The van der Waals surface area contributed by atoms with Crippen LogP contribution in [0.4, 0.5) is 0 Å². The first-order chi connectivity index (χ1) is 8.83. The van der Waals surface area contributed by atoms with Gasteiger partial charge in [-0.25, -0.2) is 9.55 Å². The summed E-state index contributed by atoms with van der Waals surface area (Å²) < 4.78 is 1.98. The van der Waals surface area contributed by atoms with Crippen molar-refractivity contribution >= 4 is 0 Å². The molecule has 0 unspecified atom stereocenters. The summed E-state index contributed by atoms with van der Waals surface area (Å²) in [5, 5.41) is 7.22. The summed E-state index contributed by atoms with van der Waals surface area (Å²) in [4.78, 5) is 4.51. The molecular formula is C14H13N4+. The lowest BCUT2D eigenvalue weighted by molar-refractivity contribution is -0.671. The maximum atomic E-state index is 4.51. The van der Waals surface area contributed by atoms with Crippen LogP contribution in [0.15, 0.2) is 54.9 Å². The second-order valence-corrected chi connectivity index (χ2v) is 4.13. The van der Waals surface area contributed by atoms with Crippen LogP contribution < -0.4 is 4.57 Å². The minimum atomic E-state index is 0.713. The van der Waals surface area contributed by atoms with Crippen LogP contribution in [0.3, 0.4) is 0 Å². The van der Waals surface area contributed by atoms with E-state index in [1.165, 1.54) is 0 Å². The number of aromatic nitrogens is 4. The highest BCUT2D eigenvalue weighted by atomic mass is 15.2.